The Balaban J connectivity index is 0.000000221. The van der Waals surface area contributed by atoms with Gasteiger partial charge in [0.15, 0.2) is 0 Å². The number of fused-ring (bicyclic) bond motifs is 2. The van der Waals surface area contributed by atoms with E-state index in [1.807, 2.05) is 0 Å². The summed E-state index contributed by atoms with van der Waals surface area (Å²) in [6.45, 7) is 20.0. The Labute approximate surface area is 306 Å². The maximum atomic E-state index is 4.93. The first-order valence-corrected chi connectivity index (χ1v) is 25.0. The molecule has 1 atom stereocenters. The molecule has 0 heterocycles. The quantitative estimate of drug-likeness (QED) is 0.117. The van der Waals surface area contributed by atoms with E-state index in [9.17, 15) is 0 Å². The van der Waals surface area contributed by atoms with Crippen LogP contribution in [0.25, 0.3) is 43.8 Å². The molecule has 244 valence electrons. The van der Waals surface area contributed by atoms with Crippen LogP contribution in [0.3, 0.4) is 0 Å². The fourth-order valence-electron chi connectivity index (χ4n) is 5.76. The fraction of sp³-hybridized carbons (Fsp3) is 0.302. The molecule has 2 radical (unpaired) electrons. The van der Waals surface area contributed by atoms with E-state index >= 15 is 0 Å². The van der Waals surface area contributed by atoms with Crippen molar-refractivity contribution in [3.8, 4) is 22.3 Å². The number of aryl methyl sites for hydroxylation is 1. The van der Waals surface area contributed by atoms with E-state index in [4.69, 9.17) is 17.0 Å². The molecule has 0 fully saturated rings. The number of halogens is 2. The molecule has 0 spiro atoms. The van der Waals surface area contributed by atoms with Gasteiger partial charge in [-0.05, 0) is 40.0 Å². The average molecular weight is 757 g/mol. The molecule has 0 aliphatic rings. The van der Waals surface area contributed by atoms with Crippen molar-refractivity contribution in [1.82, 2.24) is 0 Å². The summed E-state index contributed by atoms with van der Waals surface area (Å²) in [6.07, 6.45) is 1.19. The number of hydrogen-bond acceptors (Lipinski definition) is 0. The van der Waals surface area contributed by atoms with Gasteiger partial charge in [0.2, 0.25) is 0 Å². The van der Waals surface area contributed by atoms with E-state index in [1.54, 1.807) is 0 Å². The van der Waals surface area contributed by atoms with Gasteiger partial charge in [-0.25, -0.2) is 0 Å². The summed E-state index contributed by atoms with van der Waals surface area (Å²) in [6, 6.07) is 40.5. The molecule has 1 unspecified atom stereocenters. The molecule has 0 bridgehead atoms. The van der Waals surface area contributed by atoms with Crippen molar-refractivity contribution < 1.29 is 20.8 Å². The van der Waals surface area contributed by atoms with E-state index in [0.29, 0.717) is 17.8 Å². The Hall–Kier alpha value is -2.22. The Morgan fingerprint density at radius 2 is 1.04 bits per heavy atom. The van der Waals surface area contributed by atoms with Gasteiger partial charge in [-0.1, -0.05) is 140 Å². The van der Waals surface area contributed by atoms with Gasteiger partial charge in [0.25, 0.3) is 0 Å². The van der Waals surface area contributed by atoms with Crippen molar-refractivity contribution in [3.05, 3.63) is 131 Å². The molecule has 0 N–H and O–H groups in total. The topological polar surface area (TPSA) is 0 Å². The Kier molecular flexibility index (Phi) is 16.4. The summed E-state index contributed by atoms with van der Waals surface area (Å²) in [5.41, 5.74) is 10.9. The molecule has 0 amide bonds. The monoisotopic (exact) mass is 754 g/mol. The zero-order chi connectivity index (χ0) is 34.5. The van der Waals surface area contributed by atoms with Crippen LogP contribution in [0.4, 0.5) is 0 Å². The number of benzene rings is 4. The molecular formula is C43H50Cl2SiZr. The molecule has 0 aliphatic carbocycles. The fourth-order valence-corrected chi connectivity index (χ4v) is 5.76. The van der Waals surface area contributed by atoms with Crippen LogP contribution in [0.5, 0.6) is 0 Å². The van der Waals surface area contributed by atoms with Crippen LogP contribution in [0.15, 0.2) is 109 Å². The van der Waals surface area contributed by atoms with E-state index in [-0.39, 0.29) is 0 Å². The van der Waals surface area contributed by atoms with Crippen LogP contribution >= 0.6 is 17.0 Å². The van der Waals surface area contributed by atoms with E-state index in [1.165, 1.54) is 72.5 Å². The molecule has 0 aromatic heterocycles. The van der Waals surface area contributed by atoms with E-state index in [2.05, 4.69) is 171 Å². The minimum atomic E-state index is -0.826. The second-order valence-corrected chi connectivity index (χ2v) is 17.6. The molecule has 0 aliphatic heterocycles. The zero-order valence-corrected chi connectivity index (χ0v) is 34.6. The Morgan fingerprint density at radius 3 is 1.45 bits per heavy atom. The summed E-state index contributed by atoms with van der Waals surface area (Å²) in [5, 5.41) is 5.44. The molecule has 4 heteroatoms. The van der Waals surface area contributed by atoms with Crippen molar-refractivity contribution >= 4 is 48.1 Å². The molecule has 6 aromatic carbocycles. The van der Waals surface area contributed by atoms with Crippen LogP contribution < -0.4 is 0 Å². The number of rotatable bonds is 6. The molecule has 47 heavy (non-hydrogen) atoms. The first kappa shape index (κ1) is 39.2. The van der Waals surface area contributed by atoms with Gasteiger partial charge in [-0.3, -0.25) is 0 Å². The zero-order valence-electron chi connectivity index (χ0n) is 29.6. The van der Waals surface area contributed by atoms with Gasteiger partial charge in [0, 0.05) is 9.52 Å². The molecule has 0 saturated heterocycles. The average Bonchev–Trinajstić information content (AvgIpc) is 3.68. The van der Waals surface area contributed by atoms with Crippen molar-refractivity contribution in [2.45, 2.75) is 85.7 Å². The van der Waals surface area contributed by atoms with Gasteiger partial charge in [-0.2, -0.15) is 12.1 Å². The SMILES string of the molecule is CCC(C)c1cc2c(-c3ccc(C(C)C)cc3)cccc2[cH-]1.C[Si]C.Cc1cc2c(-c3ccc(C(C)C)cc3)cccc2[cH-]1.[Cl][Zr+2][Cl]. The summed E-state index contributed by atoms with van der Waals surface area (Å²) < 4.78 is 0. The predicted octanol–water partition coefficient (Wildman–Crippen LogP) is 14.7. The van der Waals surface area contributed by atoms with Gasteiger partial charge >= 0.3 is 37.9 Å². The van der Waals surface area contributed by atoms with E-state index < -0.39 is 20.8 Å². The van der Waals surface area contributed by atoms with Gasteiger partial charge < -0.3 is 0 Å². The number of hydrogen-bond donors (Lipinski definition) is 0. The molecule has 6 rings (SSSR count). The van der Waals surface area contributed by atoms with Crippen molar-refractivity contribution in [1.29, 1.82) is 0 Å². The third kappa shape index (κ3) is 10.9. The summed E-state index contributed by atoms with van der Waals surface area (Å²) >= 11 is -0.826. The minimum absolute atomic E-state index is 0.584. The van der Waals surface area contributed by atoms with Gasteiger partial charge in [0.05, 0.1) is 0 Å². The normalized spacial score (nSPS) is 11.3. The van der Waals surface area contributed by atoms with E-state index in [0.717, 1.165) is 9.52 Å². The van der Waals surface area contributed by atoms with Crippen molar-refractivity contribution in [2.75, 3.05) is 0 Å². The summed E-state index contributed by atoms with van der Waals surface area (Å²) in [7, 11) is 11.0. The molecule has 0 nitrogen and oxygen atoms in total. The molecule has 6 aromatic rings. The maximum absolute atomic E-state index is 4.93. The van der Waals surface area contributed by atoms with Gasteiger partial charge in [0.1, 0.15) is 0 Å². The third-order valence-corrected chi connectivity index (χ3v) is 8.63. The second-order valence-electron chi connectivity index (χ2n) is 12.9. The summed E-state index contributed by atoms with van der Waals surface area (Å²) in [4.78, 5) is 0. The van der Waals surface area contributed by atoms with Crippen LogP contribution in [0, 0.1) is 6.92 Å². The standard InChI is InChI=1S/C22H25.C19H19.C2H6Si.2ClH.Zr/c1-5-16(4)20-13-19-7-6-8-21(22(19)14-20)18-11-9-17(10-12-18)15(2)3;1-13(2)15-7-9-16(10-8-15)18-6-4-5-17-11-14(3)12-19(17)18;1-3-2;;;/h6-16H,5H2,1-4H3;4-13H,1-3H3;1-2H3;2*1H;/q2*-1;;;;+4/p-2. The first-order chi connectivity index (χ1) is 22.6. The van der Waals surface area contributed by atoms with Crippen LogP contribution in [-0.4, -0.2) is 9.52 Å². The third-order valence-electron chi connectivity index (χ3n) is 8.63. The Morgan fingerprint density at radius 1 is 0.638 bits per heavy atom. The summed E-state index contributed by atoms with van der Waals surface area (Å²) in [5.74, 6) is 1.80. The Bertz CT molecular complexity index is 1770. The van der Waals surface area contributed by atoms with Crippen molar-refractivity contribution in [3.63, 3.8) is 0 Å². The second kappa shape index (κ2) is 19.7. The predicted molar refractivity (Wildman–Crippen MR) is 211 cm³/mol. The molecule has 0 saturated carbocycles. The van der Waals surface area contributed by atoms with Gasteiger partial charge in [-0.15, -0.1) is 69.1 Å². The molecular weight excluding hydrogens is 707 g/mol. The van der Waals surface area contributed by atoms with Crippen LogP contribution in [0.1, 0.15) is 88.0 Å². The first-order valence-electron chi connectivity index (χ1n) is 16.7. The van der Waals surface area contributed by atoms with Crippen LogP contribution in [-0.2, 0) is 20.8 Å². The van der Waals surface area contributed by atoms with Crippen molar-refractivity contribution in [2.24, 2.45) is 0 Å². The van der Waals surface area contributed by atoms with Crippen LogP contribution in [0.2, 0.25) is 13.1 Å².